The first-order valence-electron chi connectivity index (χ1n) is 9.51. The normalized spacial score (nSPS) is 18.6. The smallest absolute Gasteiger partial charge is 0.227 e. The van der Waals surface area contributed by atoms with E-state index in [9.17, 15) is 4.79 Å². The number of para-hydroxylation sites is 2. The highest BCUT2D eigenvalue weighted by Gasteiger charge is 2.32. The second-order valence-corrected chi connectivity index (χ2v) is 7.57. The van der Waals surface area contributed by atoms with Crippen LogP contribution in [0.4, 0.5) is 0 Å². The molecule has 2 aliphatic heterocycles. The van der Waals surface area contributed by atoms with Crippen molar-refractivity contribution in [2.45, 2.75) is 25.3 Å². The molecule has 0 aliphatic carbocycles. The molecule has 0 spiro atoms. The zero-order chi connectivity index (χ0) is 19.1. The standard InChI is InChI=1S/C21H20ClN3O3/c22-14-10-13(11-18-20(14)28-9-8-27-18)12-19(26)25-7-3-6-17(25)21-23-15-4-1-2-5-16(15)24-21/h1-2,4-5,10-11,17H,3,6-9,12H2,(H,23,24). The lowest BCUT2D eigenvalue weighted by Crippen LogP contribution is -2.32. The first-order chi connectivity index (χ1) is 13.7. The van der Waals surface area contributed by atoms with E-state index in [4.69, 9.17) is 26.1 Å². The number of imidazole rings is 1. The third-order valence-corrected chi connectivity index (χ3v) is 5.59. The Morgan fingerprint density at radius 3 is 3.00 bits per heavy atom. The number of benzene rings is 2. The molecule has 1 aromatic heterocycles. The minimum absolute atomic E-state index is 0.0208. The molecule has 1 fully saturated rings. The van der Waals surface area contributed by atoms with Crippen molar-refractivity contribution in [1.29, 1.82) is 0 Å². The van der Waals surface area contributed by atoms with Crippen LogP contribution in [0.2, 0.25) is 5.02 Å². The Morgan fingerprint density at radius 2 is 2.11 bits per heavy atom. The molecule has 0 radical (unpaired) electrons. The number of ether oxygens (including phenoxy) is 2. The predicted octanol–water partition coefficient (Wildman–Crippen LogP) is 3.89. The van der Waals surface area contributed by atoms with Crippen molar-refractivity contribution >= 4 is 28.5 Å². The molecule has 2 aliphatic rings. The summed E-state index contributed by atoms with van der Waals surface area (Å²) in [4.78, 5) is 23.1. The van der Waals surface area contributed by atoms with E-state index in [0.29, 0.717) is 29.7 Å². The van der Waals surface area contributed by atoms with E-state index < -0.39 is 0 Å². The molecule has 3 heterocycles. The van der Waals surface area contributed by atoms with Gasteiger partial charge in [0.05, 0.1) is 28.5 Å². The fourth-order valence-corrected chi connectivity index (χ4v) is 4.31. The van der Waals surface area contributed by atoms with Crippen LogP contribution in [-0.2, 0) is 11.2 Å². The monoisotopic (exact) mass is 397 g/mol. The third-order valence-electron chi connectivity index (χ3n) is 5.31. The Morgan fingerprint density at radius 1 is 1.25 bits per heavy atom. The van der Waals surface area contributed by atoms with Gasteiger partial charge in [-0.3, -0.25) is 4.79 Å². The molecule has 3 aromatic rings. The van der Waals surface area contributed by atoms with E-state index in [-0.39, 0.29) is 18.4 Å². The van der Waals surface area contributed by atoms with Gasteiger partial charge in [-0.2, -0.15) is 0 Å². The maximum Gasteiger partial charge on any atom is 0.227 e. The van der Waals surface area contributed by atoms with Gasteiger partial charge in [-0.1, -0.05) is 23.7 Å². The lowest BCUT2D eigenvalue weighted by atomic mass is 10.1. The van der Waals surface area contributed by atoms with Crippen LogP contribution in [0.15, 0.2) is 36.4 Å². The minimum Gasteiger partial charge on any atom is -0.486 e. The Balaban J connectivity index is 1.38. The molecule has 28 heavy (non-hydrogen) atoms. The van der Waals surface area contributed by atoms with Crippen LogP contribution in [0, 0.1) is 0 Å². The molecule has 7 heteroatoms. The van der Waals surface area contributed by atoms with Gasteiger partial charge in [-0.15, -0.1) is 0 Å². The van der Waals surface area contributed by atoms with Gasteiger partial charge in [0.15, 0.2) is 11.5 Å². The first-order valence-corrected chi connectivity index (χ1v) is 9.89. The number of nitrogens with one attached hydrogen (secondary N) is 1. The van der Waals surface area contributed by atoms with E-state index >= 15 is 0 Å². The molecule has 0 saturated carbocycles. The number of hydrogen-bond acceptors (Lipinski definition) is 4. The van der Waals surface area contributed by atoms with Gasteiger partial charge in [0.25, 0.3) is 0 Å². The van der Waals surface area contributed by atoms with Gasteiger partial charge >= 0.3 is 0 Å². The topological polar surface area (TPSA) is 67.5 Å². The van der Waals surface area contributed by atoms with Crippen LogP contribution in [0.5, 0.6) is 11.5 Å². The highest BCUT2D eigenvalue weighted by Crippen LogP contribution is 2.39. The van der Waals surface area contributed by atoms with Crippen LogP contribution >= 0.6 is 11.6 Å². The fraction of sp³-hybridized carbons (Fsp3) is 0.333. The number of aromatic amines is 1. The number of aromatic nitrogens is 2. The van der Waals surface area contributed by atoms with Gasteiger partial charge in [-0.25, -0.2) is 4.98 Å². The van der Waals surface area contributed by atoms with Gasteiger partial charge < -0.3 is 19.4 Å². The van der Waals surface area contributed by atoms with E-state index in [1.54, 1.807) is 6.07 Å². The number of nitrogens with zero attached hydrogens (tertiary/aromatic N) is 2. The number of fused-ring (bicyclic) bond motifs is 2. The van der Waals surface area contributed by atoms with Crippen LogP contribution in [0.25, 0.3) is 11.0 Å². The summed E-state index contributed by atoms with van der Waals surface area (Å²) in [6.07, 6.45) is 2.15. The molecule has 0 bridgehead atoms. The molecule has 2 aromatic carbocycles. The summed E-state index contributed by atoms with van der Waals surface area (Å²) < 4.78 is 11.2. The summed E-state index contributed by atoms with van der Waals surface area (Å²) in [7, 11) is 0. The lowest BCUT2D eigenvalue weighted by molar-refractivity contribution is -0.131. The van der Waals surface area contributed by atoms with Crippen molar-refractivity contribution < 1.29 is 14.3 Å². The Hall–Kier alpha value is -2.73. The zero-order valence-electron chi connectivity index (χ0n) is 15.3. The van der Waals surface area contributed by atoms with Crippen molar-refractivity contribution in [3.05, 3.63) is 52.8 Å². The number of amides is 1. The SMILES string of the molecule is O=C(Cc1cc(Cl)c2c(c1)OCCO2)N1CCCC1c1nc2ccccc2[nH]1. The Kier molecular flexibility index (Phi) is 4.36. The molecule has 1 saturated heterocycles. The molecule has 1 atom stereocenters. The fourth-order valence-electron chi connectivity index (χ4n) is 4.02. The summed E-state index contributed by atoms with van der Waals surface area (Å²) in [5, 5.41) is 0.482. The third kappa shape index (κ3) is 3.07. The molecule has 1 unspecified atom stereocenters. The molecule has 1 N–H and O–H groups in total. The molecular formula is C21H20ClN3O3. The van der Waals surface area contributed by atoms with E-state index in [2.05, 4.69) is 4.98 Å². The lowest BCUT2D eigenvalue weighted by Gasteiger charge is -2.24. The summed E-state index contributed by atoms with van der Waals surface area (Å²) in [5.41, 5.74) is 2.75. The van der Waals surface area contributed by atoms with Crippen molar-refractivity contribution in [3.63, 3.8) is 0 Å². The minimum atomic E-state index is -0.0208. The van der Waals surface area contributed by atoms with E-state index in [1.807, 2.05) is 35.2 Å². The van der Waals surface area contributed by atoms with Gasteiger partial charge in [0, 0.05) is 6.54 Å². The second kappa shape index (κ2) is 7.02. The maximum atomic E-state index is 13.1. The number of carbonyl (C=O) groups is 1. The van der Waals surface area contributed by atoms with Crippen LogP contribution < -0.4 is 9.47 Å². The number of H-pyrrole nitrogens is 1. The summed E-state index contributed by atoms with van der Waals surface area (Å²) in [6, 6.07) is 11.6. The van der Waals surface area contributed by atoms with Gasteiger partial charge in [-0.05, 0) is 42.7 Å². The van der Waals surface area contributed by atoms with Crippen molar-refractivity contribution in [2.75, 3.05) is 19.8 Å². The zero-order valence-corrected chi connectivity index (χ0v) is 16.0. The van der Waals surface area contributed by atoms with Crippen LogP contribution in [0.3, 0.4) is 0 Å². The van der Waals surface area contributed by atoms with Crippen molar-refractivity contribution in [2.24, 2.45) is 0 Å². The molecule has 5 rings (SSSR count). The Bertz CT molecular complexity index is 1020. The molecule has 1 amide bonds. The van der Waals surface area contributed by atoms with E-state index in [1.165, 1.54) is 0 Å². The maximum absolute atomic E-state index is 13.1. The van der Waals surface area contributed by atoms with Gasteiger partial charge in [0.2, 0.25) is 5.91 Å². The number of rotatable bonds is 3. The number of hydrogen-bond donors (Lipinski definition) is 1. The molecular weight excluding hydrogens is 378 g/mol. The molecule has 6 nitrogen and oxygen atoms in total. The average molecular weight is 398 g/mol. The summed E-state index contributed by atoms with van der Waals surface area (Å²) in [6.45, 7) is 1.71. The number of halogens is 1. The first kappa shape index (κ1) is 17.4. The van der Waals surface area contributed by atoms with E-state index in [0.717, 1.165) is 41.8 Å². The largest absolute Gasteiger partial charge is 0.486 e. The highest BCUT2D eigenvalue weighted by atomic mass is 35.5. The van der Waals surface area contributed by atoms with Crippen LogP contribution in [0.1, 0.15) is 30.3 Å². The number of carbonyl (C=O) groups excluding carboxylic acids is 1. The van der Waals surface area contributed by atoms with Crippen LogP contribution in [-0.4, -0.2) is 40.5 Å². The van der Waals surface area contributed by atoms with Crippen molar-refractivity contribution in [3.8, 4) is 11.5 Å². The average Bonchev–Trinajstić information content (AvgIpc) is 3.34. The number of likely N-dealkylation sites (tertiary alicyclic amines) is 1. The quantitative estimate of drug-likeness (QED) is 0.728. The summed E-state index contributed by atoms with van der Waals surface area (Å²) in [5.74, 6) is 2.09. The Labute approximate surface area is 167 Å². The molecule has 144 valence electrons. The predicted molar refractivity (Wildman–Crippen MR) is 106 cm³/mol. The highest BCUT2D eigenvalue weighted by molar-refractivity contribution is 6.32. The second-order valence-electron chi connectivity index (χ2n) is 7.16. The van der Waals surface area contributed by atoms with Gasteiger partial charge in [0.1, 0.15) is 19.0 Å². The summed E-state index contributed by atoms with van der Waals surface area (Å²) >= 11 is 6.32. The van der Waals surface area contributed by atoms with Crippen molar-refractivity contribution in [1.82, 2.24) is 14.9 Å².